The summed E-state index contributed by atoms with van der Waals surface area (Å²) in [5.74, 6) is 0. The summed E-state index contributed by atoms with van der Waals surface area (Å²) in [6, 6.07) is 0.701. The molecule has 0 amide bonds. The van der Waals surface area contributed by atoms with Crippen molar-refractivity contribution in [2.75, 3.05) is 31.1 Å². The van der Waals surface area contributed by atoms with E-state index in [1.54, 1.807) is 11.3 Å². The van der Waals surface area contributed by atoms with Crippen LogP contribution in [0.25, 0.3) is 0 Å². The first kappa shape index (κ1) is 13.1. The fourth-order valence-corrected chi connectivity index (χ4v) is 4.12. The third kappa shape index (κ3) is 2.54. The minimum Gasteiger partial charge on any atom is -0.345 e. The van der Waals surface area contributed by atoms with E-state index < -0.39 is 0 Å². The number of thiazole rings is 1. The highest BCUT2D eigenvalue weighted by atomic mass is 32.1. The summed E-state index contributed by atoms with van der Waals surface area (Å²) in [5, 5.41) is 1.05. The van der Waals surface area contributed by atoms with Crippen molar-refractivity contribution in [2.24, 2.45) is 0 Å². The highest BCUT2D eigenvalue weighted by Crippen LogP contribution is 2.30. The quantitative estimate of drug-likeness (QED) is 0.792. The summed E-state index contributed by atoms with van der Waals surface area (Å²) >= 11 is 1.57. The third-order valence-electron chi connectivity index (χ3n) is 4.17. The molecule has 1 aromatic heterocycles. The molecule has 0 N–H and O–H groups in total. The van der Waals surface area contributed by atoms with E-state index in [-0.39, 0.29) is 0 Å². The predicted molar refractivity (Wildman–Crippen MR) is 78.3 cm³/mol. The van der Waals surface area contributed by atoms with E-state index in [1.807, 2.05) is 0 Å². The van der Waals surface area contributed by atoms with Gasteiger partial charge in [-0.2, -0.15) is 0 Å². The van der Waals surface area contributed by atoms with E-state index in [4.69, 9.17) is 4.98 Å². The third-order valence-corrected chi connectivity index (χ3v) is 5.25. The highest BCUT2D eigenvalue weighted by Gasteiger charge is 2.31. The summed E-state index contributed by atoms with van der Waals surface area (Å²) in [7, 11) is 0. The molecule has 2 saturated heterocycles. The summed E-state index contributed by atoms with van der Waals surface area (Å²) in [5.41, 5.74) is 0.992. The standard InChI is InChI=1S/C14H21N3OS/c1-2-4-12-13(10-18)19-14(15-12)17-8-7-16-6-3-5-11(16)9-17/h10-11H,2-9H2,1H3. The Hall–Kier alpha value is -0.940. The molecule has 5 heteroatoms. The van der Waals surface area contributed by atoms with Crippen molar-refractivity contribution in [1.82, 2.24) is 9.88 Å². The van der Waals surface area contributed by atoms with Crippen molar-refractivity contribution in [3.8, 4) is 0 Å². The van der Waals surface area contributed by atoms with Gasteiger partial charge >= 0.3 is 0 Å². The van der Waals surface area contributed by atoms with Crippen LogP contribution in [-0.2, 0) is 6.42 Å². The number of hydrogen-bond donors (Lipinski definition) is 0. The monoisotopic (exact) mass is 279 g/mol. The Morgan fingerprint density at radius 1 is 1.42 bits per heavy atom. The van der Waals surface area contributed by atoms with Gasteiger partial charge in [0, 0.05) is 25.7 Å². The SMILES string of the molecule is CCCc1nc(N2CCN3CCCC3C2)sc1C=O. The van der Waals surface area contributed by atoms with Crippen molar-refractivity contribution in [3.05, 3.63) is 10.6 Å². The molecule has 0 aliphatic carbocycles. The van der Waals surface area contributed by atoms with Gasteiger partial charge in [-0.3, -0.25) is 9.69 Å². The highest BCUT2D eigenvalue weighted by molar-refractivity contribution is 7.17. The van der Waals surface area contributed by atoms with E-state index in [2.05, 4.69) is 16.7 Å². The van der Waals surface area contributed by atoms with Crippen molar-refractivity contribution < 1.29 is 4.79 Å². The molecule has 0 saturated carbocycles. The first-order valence-electron chi connectivity index (χ1n) is 7.25. The minimum atomic E-state index is 0.701. The molecule has 104 valence electrons. The smallest absolute Gasteiger partial charge is 0.186 e. The number of aryl methyl sites for hydroxylation is 1. The van der Waals surface area contributed by atoms with Gasteiger partial charge < -0.3 is 4.90 Å². The van der Waals surface area contributed by atoms with E-state index >= 15 is 0 Å². The largest absolute Gasteiger partial charge is 0.345 e. The van der Waals surface area contributed by atoms with Crippen molar-refractivity contribution in [2.45, 2.75) is 38.6 Å². The number of anilines is 1. The van der Waals surface area contributed by atoms with Gasteiger partial charge in [0.25, 0.3) is 0 Å². The van der Waals surface area contributed by atoms with Crippen LogP contribution in [0.2, 0.25) is 0 Å². The van der Waals surface area contributed by atoms with Crippen LogP contribution in [-0.4, -0.2) is 48.4 Å². The Morgan fingerprint density at radius 2 is 2.32 bits per heavy atom. The molecule has 0 bridgehead atoms. The van der Waals surface area contributed by atoms with Crippen LogP contribution in [0.3, 0.4) is 0 Å². The second kappa shape index (κ2) is 5.59. The van der Waals surface area contributed by atoms with Gasteiger partial charge in [0.15, 0.2) is 11.4 Å². The molecular weight excluding hydrogens is 258 g/mol. The number of nitrogens with zero attached hydrogens (tertiary/aromatic N) is 3. The second-order valence-corrected chi connectivity index (χ2v) is 6.46. The maximum absolute atomic E-state index is 11.1. The molecule has 3 heterocycles. The molecule has 3 rings (SSSR count). The summed E-state index contributed by atoms with van der Waals surface area (Å²) in [4.78, 5) is 21.6. The lowest BCUT2D eigenvalue weighted by Gasteiger charge is -2.37. The number of fused-ring (bicyclic) bond motifs is 1. The number of aromatic nitrogens is 1. The molecule has 0 spiro atoms. The van der Waals surface area contributed by atoms with Crippen LogP contribution in [0.15, 0.2) is 0 Å². The zero-order chi connectivity index (χ0) is 13.2. The van der Waals surface area contributed by atoms with Gasteiger partial charge in [-0.25, -0.2) is 4.98 Å². The lowest BCUT2D eigenvalue weighted by Crippen LogP contribution is -2.50. The fraction of sp³-hybridized carbons (Fsp3) is 0.714. The number of piperazine rings is 1. The van der Waals surface area contributed by atoms with Crippen molar-refractivity contribution in [3.63, 3.8) is 0 Å². The zero-order valence-corrected chi connectivity index (χ0v) is 12.3. The van der Waals surface area contributed by atoms with Gasteiger partial charge in [-0.15, -0.1) is 0 Å². The average molecular weight is 279 g/mol. The first-order valence-corrected chi connectivity index (χ1v) is 8.07. The van der Waals surface area contributed by atoms with Crippen LogP contribution >= 0.6 is 11.3 Å². The van der Waals surface area contributed by atoms with Crippen LogP contribution in [0.4, 0.5) is 5.13 Å². The van der Waals surface area contributed by atoms with Crippen LogP contribution < -0.4 is 4.90 Å². The zero-order valence-electron chi connectivity index (χ0n) is 11.5. The van der Waals surface area contributed by atoms with Crippen LogP contribution in [0, 0.1) is 0 Å². The van der Waals surface area contributed by atoms with Crippen LogP contribution in [0.5, 0.6) is 0 Å². The van der Waals surface area contributed by atoms with E-state index in [0.717, 1.165) is 54.5 Å². The maximum Gasteiger partial charge on any atom is 0.186 e. The molecule has 1 aromatic rings. The van der Waals surface area contributed by atoms with Gasteiger partial charge in [0.05, 0.1) is 10.6 Å². The second-order valence-electron chi connectivity index (χ2n) is 5.45. The number of carbonyl (C=O) groups is 1. The minimum absolute atomic E-state index is 0.701. The van der Waals surface area contributed by atoms with Gasteiger partial charge in [-0.1, -0.05) is 24.7 Å². The number of hydrogen-bond acceptors (Lipinski definition) is 5. The normalized spacial score (nSPS) is 23.6. The summed E-state index contributed by atoms with van der Waals surface area (Å²) in [6.45, 7) is 6.66. The fourth-order valence-electron chi connectivity index (χ4n) is 3.16. The average Bonchev–Trinajstić information content (AvgIpc) is 3.04. The number of carbonyl (C=O) groups excluding carboxylic acids is 1. The number of rotatable bonds is 4. The molecule has 0 radical (unpaired) electrons. The predicted octanol–water partition coefficient (Wildman–Crippen LogP) is 2.19. The lowest BCUT2D eigenvalue weighted by atomic mass is 10.2. The molecule has 2 aliphatic heterocycles. The Labute approximate surface area is 118 Å². The van der Waals surface area contributed by atoms with Gasteiger partial charge in [-0.05, 0) is 25.8 Å². The van der Waals surface area contributed by atoms with Gasteiger partial charge in [0.1, 0.15) is 0 Å². The summed E-state index contributed by atoms with van der Waals surface area (Å²) in [6.07, 6.45) is 5.56. The molecule has 2 aliphatic rings. The summed E-state index contributed by atoms with van der Waals surface area (Å²) < 4.78 is 0. The Bertz CT molecular complexity index is 460. The molecule has 0 aromatic carbocycles. The molecule has 2 fully saturated rings. The Morgan fingerprint density at radius 3 is 3.11 bits per heavy atom. The molecule has 19 heavy (non-hydrogen) atoms. The molecule has 1 atom stereocenters. The van der Waals surface area contributed by atoms with Crippen molar-refractivity contribution >= 4 is 22.8 Å². The molecule has 4 nitrogen and oxygen atoms in total. The van der Waals surface area contributed by atoms with E-state index in [1.165, 1.54) is 19.4 Å². The Kier molecular flexibility index (Phi) is 3.84. The Balaban J connectivity index is 1.76. The topological polar surface area (TPSA) is 36.4 Å². The van der Waals surface area contributed by atoms with E-state index in [0.29, 0.717) is 6.04 Å². The number of aldehydes is 1. The molecule has 1 unspecified atom stereocenters. The maximum atomic E-state index is 11.1. The van der Waals surface area contributed by atoms with E-state index in [9.17, 15) is 4.79 Å². The van der Waals surface area contributed by atoms with Crippen LogP contribution in [0.1, 0.15) is 41.6 Å². The van der Waals surface area contributed by atoms with Gasteiger partial charge in [0.2, 0.25) is 0 Å². The lowest BCUT2D eigenvalue weighted by molar-refractivity contribution is 0.112. The molecular formula is C14H21N3OS. The van der Waals surface area contributed by atoms with Crippen molar-refractivity contribution in [1.29, 1.82) is 0 Å². The first-order chi connectivity index (χ1) is 9.31.